The number of nitrogens with zero attached hydrogens (tertiary/aromatic N) is 1. The number of carbonyl (C=O) groups excluding carboxylic acids is 1. The Morgan fingerprint density at radius 2 is 2.00 bits per heavy atom. The number of aromatic nitrogens is 1. The fraction of sp³-hybridized carbons (Fsp3) is 0.294. The highest BCUT2D eigenvalue weighted by Crippen LogP contribution is 2.17. The lowest BCUT2D eigenvalue weighted by Crippen LogP contribution is -2.28. The third kappa shape index (κ3) is 4.18. The Morgan fingerprint density at radius 1 is 1.25 bits per heavy atom. The number of amides is 1. The molecule has 0 saturated carbocycles. The van der Waals surface area contributed by atoms with Crippen molar-refractivity contribution >= 4 is 15.9 Å². The molecule has 1 aromatic carbocycles. The van der Waals surface area contributed by atoms with Gasteiger partial charge in [-0.05, 0) is 43.7 Å². The van der Waals surface area contributed by atoms with Crippen molar-refractivity contribution in [1.82, 2.24) is 15.0 Å². The fourth-order valence-electron chi connectivity index (χ4n) is 2.27. The van der Waals surface area contributed by atoms with Gasteiger partial charge in [-0.25, -0.2) is 13.1 Å². The van der Waals surface area contributed by atoms with Gasteiger partial charge in [0.05, 0.1) is 16.6 Å². The number of nitrogens with one attached hydrogen (secondary N) is 2. The van der Waals surface area contributed by atoms with Gasteiger partial charge in [-0.1, -0.05) is 19.1 Å². The molecule has 24 heavy (non-hydrogen) atoms. The van der Waals surface area contributed by atoms with Crippen LogP contribution in [0.15, 0.2) is 47.5 Å². The van der Waals surface area contributed by atoms with Crippen molar-refractivity contribution in [3.63, 3.8) is 0 Å². The maximum Gasteiger partial charge on any atom is 0.252 e. The van der Waals surface area contributed by atoms with Crippen molar-refractivity contribution < 1.29 is 13.2 Å². The first-order valence-electron chi connectivity index (χ1n) is 7.67. The maximum absolute atomic E-state index is 12.5. The standard InChI is InChI=1S/C17H21N3O3S/c1-4-19-24(22,23)14-9-8-12(2)15(11-14)17(21)20-13(3)16-7-5-6-10-18-16/h5-11,13,19H,4H2,1-3H3,(H,20,21). The minimum atomic E-state index is -3.61. The van der Waals surface area contributed by atoms with Gasteiger partial charge in [-0.15, -0.1) is 0 Å². The largest absolute Gasteiger partial charge is 0.344 e. The zero-order valence-electron chi connectivity index (χ0n) is 13.9. The average Bonchev–Trinajstić information content (AvgIpc) is 2.55. The van der Waals surface area contributed by atoms with E-state index >= 15 is 0 Å². The van der Waals surface area contributed by atoms with Crippen LogP contribution in [0.3, 0.4) is 0 Å². The number of hydrogen-bond acceptors (Lipinski definition) is 4. The number of rotatable bonds is 6. The number of aryl methyl sites for hydroxylation is 1. The van der Waals surface area contributed by atoms with Gasteiger partial charge in [0.25, 0.3) is 5.91 Å². The zero-order chi connectivity index (χ0) is 17.7. The Bertz CT molecular complexity index is 820. The Balaban J connectivity index is 2.26. The van der Waals surface area contributed by atoms with E-state index in [1.54, 1.807) is 32.2 Å². The smallest absolute Gasteiger partial charge is 0.252 e. The van der Waals surface area contributed by atoms with E-state index in [1.165, 1.54) is 12.1 Å². The minimum Gasteiger partial charge on any atom is -0.344 e. The highest BCUT2D eigenvalue weighted by molar-refractivity contribution is 7.89. The quantitative estimate of drug-likeness (QED) is 0.838. The maximum atomic E-state index is 12.5. The summed E-state index contributed by atoms with van der Waals surface area (Å²) in [6.07, 6.45) is 1.66. The summed E-state index contributed by atoms with van der Waals surface area (Å²) in [5.41, 5.74) is 1.77. The van der Waals surface area contributed by atoms with Gasteiger partial charge in [0.1, 0.15) is 0 Å². The van der Waals surface area contributed by atoms with Gasteiger partial charge in [-0.3, -0.25) is 9.78 Å². The van der Waals surface area contributed by atoms with Crippen LogP contribution in [0.4, 0.5) is 0 Å². The van der Waals surface area contributed by atoms with E-state index in [4.69, 9.17) is 0 Å². The summed E-state index contributed by atoms with van der Waals surface area (Å²) in [7, 11) is -3.61. The number of carbonyl (C=O) groups is 1. The van der Waals surface area contributed by atoms with Crippen LogP contribution in [0.25, 0.3) is 0 Å². The molecule has 2 aromatic rings. The molecule has 7 heteroatoms. The average molecular weight is 347 g/mol. The lowest BCUT2D eigenvalue weighted by Gasteiger charge is -2.15. The van der Waals surface area contributed by atoms with Crippen LogP contribution in [-0.2, 0) is 10.0 Å². The van der Waals surface area contributed by atoms with Gasteiger partial charge in [0.15, 0.2) is 0 Å². The van der Waals surface area contributed by atoms with Crippen LogP contribution in [-0.4, -0.2) is 25.9 Å². The lowest BCUT2D eigenvalue weighted by atomic mass is 10.1. The van der Waals surface area contributed by atoms with E-state index in [-0.39, 0.29) is 23.4 Å². The molecule has 1 amide bonds. The first kappa shape index (κ1) is 18.1. The fourth-order valence-corrected chi connectivity index (χ4v) is 3.33. The van der Waals surface area contributed by atoms with Crippen molar-refractivity contribution in [3.8, 4) is 0 Å². The van der Waals surface area contributed by atoms with Crippen molar-refractivity contribution in [2.45, 2.75) is 31.7 Å². The highest BCUT2D eigenvalue weighted by atomic mass is 32.2. The molecule has 0 fully saturated rings. The first-order chi connectivity index (χ1) is 11.3. The molecule has 0 bridgehead atoms. The molecule has 1 heterocycles. The van der Waals surface area contributed by atoms with Gasteiger partial charge in [-0.2, -0.15) is 0 Å². The summed E-state index contributed by atoms with van der Waals surface area (Å²) in [6.45, 7) is 5.58. The summed E-state index contributed by atoms with van der Waals surface area (Å²) in [4.78, 5) is 16.8. The Morgan fingerprint density at radius 3 is 2.62 bits per heavy atom. The Labute approximate surface area is 142 Å². The second-order valence-electron chi connectivity index (χ2n) is 5.43. The molecular weight excluding hydrogens is 326 g/mol. The van der Waals surface area contributed by atoms with Gasteiger partial charge < -0.3 is 5.32 Å². The van der Waals surface area contributed by atoms with Crippen molar-refractivity contribution in [1.29, 1.82) is 0 Å². The molecule has 2 N–H and O–H groups in total. The number of sulfonamides is 1. The zero-order valence-corrected chi connectivity index (χ0v) is 14.7. The molecule has 2 rings (SSSR count). The van der Waals surface area contributed by atoms with Gasteiger partial charge in [0, 0.05) is 18.3 Å². The first-order valence-corrected chi connectivity index (χ1v) is 9.15. The summed E-state index contributed by atoms with van der Waals surface area (Å²) >= 11 is 0. The summed E-state index contributed by atoms with van der Waals surface area (Å²) in [6, 6.07) is 9.71. The SMILES string of the molecule is CCNS(=O)(=O)c1ccc(C)c(C(=O)NC(C)c2ccccn2)c1. The molecule has 0 aliphatic rings. The molecule has 0 aliphatic heterocycles. The number of hydrogen-bond donors (Lipinski definition) is 2. The topological polar surface area (TPSA) is 88.2 Å². The van der Waals surface area contributed by atoms with E-state index in [0.29, 0.717) is 11.1 Å². The van der Waals surface area contributed by atoms with Crippen molar-refractivity contribution in [2.75, 3.05) is 6.54 Å². The predicted molar refractivity (Wildman–Crippen MR) is 92.2 cm³/mol. The molecule has 0 spiro atoms. The predicted octanol–water partition coefficient (Wildman–Crippen LogP) is 2.18. The second kappa shape index (κ2) is 7.55. The van der Waals surface area contributed by atoms with Crippen LogP contribution >= 0.6 is 0 Å². The molecule has 0 aliphatic carbocycles. The molecule has 0 saturated heterocycles. The molecule has 0 radical (unpaired) electrons. The molecular formula is C17H21N3O3S. The third-order valence-electron chi connectivity index (χ3n) is 3.58. The molecule has 1 atom stereocenters. The molecule has 1 aromatic heterocycles. The van der Waals surface area contributed by atoms with Crippen LogP contribution in [0, 0.1) is 6.92 Å². The van der Waals surface area contributed by atoms with E-state index < -0.39 is 10.0 Å². The van der Waals surface area contributed by atoms with E-state index in [0.717, 1.165) is 5.69 Å². The van der Waals surface area contributed by atoms with Gasteiger partial charge in [0.2, 0.25) is 10.0 Å². The highest BCUT2D eigenvalue weighted by Gasteiger charge is 2.19. The second-order valence-corrected chi connectivity index (χ2v) is 7.19. The van der Waals surface area contributed by atoms with E-state index in [1.807, 2.05) is 19.1 Å². The summed E-state index contributed by atoms with van der Waals surface area (Å²) < 4.78 is 26.6. The van der Waals surface area contributed by atoms with Crippen LogP contribution in [0.1, 0.15) is 41.5 Å². The summed E-state index contributed by atoms with van der Waals surface area (Å²) in [5.74, 6) is -0.334. The molecule has 128 valence electrons. The number of pyridine rings is 1. The Hall–Kier alpha value is -2.25. The normalized spacial score (nSPS) is 12.6. The number of benzene rings is 1. The third-order valence-corrected chi connectivity index (χ3v) is 5.12. The van der Waals surface area contributed by atoms with Crippen LogP contribution in [0.5, 0.6) is 0 Å². The lowest BCUT2D eigenvalue weighted by molar-refractivity contribution is 0.0938. The Kier molecular flexibility index (Phi) is 5.69. The van der Waals surface area contributed by atoms with E-state index in [9.17, 15) is 13.2 Å². The monoisotopic (exact) mass is 347 g/mol. The molecule has 1 unspecified atom stereocenters. The van der Waals surface area contributed by atoms with Gasteiger partial charge >= 0.3 is 0 Å². The minimum absolute atomic E-state index is 0.0746. The van der Waals surface area contributed by atoms with Crippen molar-refractivity contribution in [2.24, 2.45) is 0 Å². The van der Waals surface area contributed by atoms with E-state index in [2.05, 4.69) is 15.0 Å². The van der Waals surface area contributed by atoms with Crippen molar-refractivity contribution in [3.05, 3.63) is 59.4 Å². The summed E-state index contributed by atoms with van der Waals surface area (Å²) in [5, 5.41) is 2.85. The van der Waals surface area contributed by atoms with Crippen LogP contribution in [0.2, 0.25) is 0 Å². The molecule has 6 nitrogen and oxygen atoms in total. The van der Waals surface area contributed by atoms with Crippen LogP contribution < -0.4 is 10.0 Å².